The van der Waals surface area contributed by atoms with Crippen molar-refractivity contribution < 1.29 is 13.9 Å². The van der Waals surface area contributed by atoms with Crippen molar-refractivity contribution in [1.29, 1.82) is 0 Å². The molecule has 2 aromatic rings. The molecule has 1 fully saturated rings. The first kappa shape index (κ1) is 16.5. The summed E-state index contributed by atoms with van der Waals surface area (Å²) in [6, 6.07) is 5.97. The molecule has 0 spiro atoms. The predicted molar refractivity (Wildman–Crippen MR) is 89.8 cm³/mol. The summed E-state index contributed by atoms with van der Waals surface area (Å²) in [7, 11) is 1.45. The number of rotatable bonds is 5. The van der Waals surface area contributed by atoms with Crippen LogP contribution < -0.4 is 10.1 Å². The number of anilines is 1. The molecule has 0 bridgehead atoms. The van der Waals surface area contributed by atoms with Gasteiger partial charge in [0, 0.05) is 17.8 Å². The van der Waals surface area contributed by atoms with Gasteiger partial charge in [-0.1, -0.05) is 32.1 Å². The summed E-state index contributed by atoms with van der Waals surface area (Å²) >= 11 is 0. The Bertz CT molecular complexity index is 708. The number of benzene rings is 1. The summed E-state index contributed by atoms with van der Waals surface area (Å²) in [6.07, 6.45) is 7.35. The zero-order valence-electron chi connectivity index (χ0n) is 13.8. The molecule has 1 heterocycles. The highest BCUT2D eigenvalue weighted by Crippen LogP contribution is 2.27. The van der Waals surface area contributed by atoms with Crippen LogP contribution in [0.1, 0.15) is 48.2 Å². The highest BCUT2D eigenvalue weighted by molar-refractivity contribution is 6.04. The van der Waals surface area contributed by atoms with Gasteiger partial charge in [-0.3, -0.25) is 9.89 Å². The molecule has 5 nitrogen and oxygen atoms in total. The lowest BCUT2D eigenvalue weighted by atomic mass is 9.86. The summed E-state index contributed by atoms with van der Waals surface area (Å²) in [5.41, 5.74) is 0.972. The van der Waals surface area contributed by atoms with Crippen LogP contribution in [0.2, 0.25) is 0 Å². The van der Waals surface area contributed by atoms with Crippen molar-refractivity contribution in [2.75, 3.05) is 12.4 Å². The van der Waals surface area contributed by atoms with Crippen molar-refractivity contribution >= 4 is 11.7 Å². The molecular weight excluding hydrogens is 309 g/mol. The molecule has 6 heteroatoms. The predicted octanol–water partition coefficient (Wildman–Crippen LogP) is 3.93. The Balaban J connectivity index is 1.62. The van der Waals surface area contributed by atoms with Crippen LogP contribution >= 0.6 is 0 Å². The summed E-state index contributed by atoms with van der Waals surface area (Å²) in [5, 5.41) is 9.70. The van der Waals surface area contributed by atoms with E-state index in [1.165, 1.54) is 51.3 Å². The zero-order chi connectivity index (χ0) is 16.9. The topological polar surface area (TPSA) is 67.0 Å². The number of nitrogens with one attached hydrogen (secondary N) is 2. The molecule has 0 radical (unpaired) electrons. The molecule has 0 atom stereocenters. The Labute approximate surface area is 140 Å². The van der Waals surface area contributed by atoms with E-state index in [4.69, 9.17) is 4.74 Å². The van der Waals surface area contributed by atoms with E-state index >= 15 is 0 Å². The SMILES string of the molecule is COc1ccc(C(=O)Nc2cc(CC3CCCCC3)[nH]n2)c(F)c1. The average molecular weight is 331 g/mol. The second-order valence-electron chi connectivity index (χ2n) is 6.29. The van der Waals surface area contributed by atoms with E-state index in [1.54, 1.807) is 6.07 Å². The van der Waals surface area contributed by atoms with E-state index in [9.17, 15) is 9.18 Å². The minimum absolute atomic E-state index is 0.0346. The van der Waals surface area contributed by atoms with Gasteiger partial charge < -0.3 is 10.1 Å². The van der Waals surface area contributed by atoms with Crippen molar-refractivity contribution in [2.45, 2.75) is 38.5 Å². The Morgan fingerprint density at radius 3 is 2.83 bits per heavy atom. The Morgan fingerprint density at radius 1 is 1.33 bits per heavy atom. The number of methoxy groups -OCH3 is 1. The highest BCUT2D eigenvalue weighted by atomic mass is 19.1. The third-order valence-electron chi connectivity index (χ3n) is 4.53. The molecule has 2 N–H and O–H groups in total. The van der Waals surface area contributed by atoms with Crippen LogP contribution in [0.25, 0.3) is 0 Å². The van der Waals surface area contributed by atoms with E-state index < -0.39 is 11.7 Å². The molecular formula is C18H22FN3O2. The largest absolute Gasteiger partial charge is 0.497 e. The van der Waals surface area contributed by atoms with Crippen LogP contribution in [0.4, 0.5) is 10.2 Å². The minimum Gasteiger partial charge on any atom is -0.497 e. The third kappa shape index (κ3) is 3.93. The first-order valence-corrected chi connectivity index (χ1v) is 8.35. The number of nitrogens with zero attached hydrogens (tertiary/aromatic N) is 1. The lowest BCUT2D eigenvalue weighted by Gasteiger charge is -2.20. The van der Waals surface area contributed by atoms with Crippen molar-refractivity contribution in [3.8, 4) is 5.75 Å². The first-order valence-electron chi connectivity index (χ1n) is 8.35. The zero-order valence-corrected chi connectivity index (χ0v) is 13.8. The molecule has 0 aliphatic heterocycles. The normalized spacial score (nSPS) is 15.2. The lowest BCUT2D eigenvalue weighted by molar-refractivity contribution is 0.102. The van der Waals surface area contributed by atoms with Crippen molar-refractivity contribution in [3.63, 3.8) is 0 Å². The van der Waals surface area contributed by atoms with Gasteiger partial charge in [0.15, 0.2) is 5.82 Å². The Morgan fingerprint density at radius 2 is 2.12 bits per heavy atom. The minimum atomic E-state index is -0.621. The van der Waals surface area contributed by atoms with Crippen LogP contribution in [0.5, 0.6) is 5.75 Å². The fourth-order valence-electron chi connectivity index (χ4n) is 3.22. The van der Waals surface area contributed by atoms with E-state index in [1.807, 2.05) is 6.07 Å². The van der Waals surface area contributed by atoms with E-state index in [0.717, 1.165) is 12.1 Å². The average Bonchev–Trinajstić information content (AvgIpc) is 3.02. The van der Waals surface area contributed by atoms with Gasteiger partial charge in [-0.25, -0.2) is 4.39 Å². The van der Waals surface area contributed by atoms with Gasteiger partial charge in [0.2, 0.25) is 0 Å². The van der Waals surface area contributed by atoms with Gasteiger partial charge in [-0.05, 0) is 24.5 Å². The molecule has 128 valence electrons. The number of ether oxygens (including phenoxy) is 1. The number of H-pyrrole nitrogens is 1. The van der Waals surface area contributed by atoms with Crippen molar-refractivity contribution in [3.05, 3.63) is 41.3 Å². The molecule has 0 saturated heterocycles. The second kappa shape index (κ2) is 7.47. The number of amides is 1. The molecule has 3 rings (SSSR count). The maximum atomic E-state index is 13.9. The van der Waals surface area contributed by atoms with Gasteiger partial charge in [0.1, 0.15) is 11.6 Å². The molecule has 24 heavy (non-hydrogen) atoms. The Hall–Kier alpha value is -2.37. The molecule has 1 aromatic heterocycles. The van der Waals surface area contributed by atoms with Gasteiger partial charge in [-0.2, -0.15) is 5.10 Å². The smallest absolute Gasteiger partial charge is 0.259 e. The molecule has 0 unspecified atom stereocenters. The van der Waals surface area contributed by atoms with Gasteiger partial charge >= 0.3 is 0 Å². The summed E-state index contributed by atoms with van der Waals surface area (Å²) in [4.78, 5) is 12.2. The molecule has 1 aromatic carbocycles. The van der Waals surface area contributed by atoms with Gasteiger partial charge in [0.05, 0.1) is 12.7 Å². The van der Waals surface area contributed by atoms with Crippen molar-refractivity contribution in [1.82, 2.24) is 10.2 Å². The van der Waals surface area contributed by atoms with Crippen LogP contribution in [0, 0.1) is 11.7 Å². The number of halogens is 1. The highest BCUT2D eigenvalue weighted by Gasteiger charge is 2.17. The fraction of sp³-hybridized carbons (Fsp3) is 0.444. The van der Waals surface area contributed by atoms with Crippen LogP contribution in [-0.4, -0.2) is 23.2 Å². The number of hydrogen-bond donors (Lipinski definition) is 2. The third-order valence-corrected chi connectivity index (χ3v) is 4.53. The van der Waals surface area contributed by atoms with E-state index in [-0.39, 0.29) is 5.56 Å². The van der Waals surface area contributed by atoms with Crippen molar-refractivity contribution in [2.24, 2.45) is 5.92 Å². The van der Waals surface area contributed by atoms with E-state index in [0.29, 0.717) is 17.5 Å². The second-order valence-corrected chi connectivity index (χ2v) is 6.29. The maximum absolute atomic E-state index is 13.9. The van der Waals surface area contributed by atoms with Gasteiger partial charge in [0.25, 0.3) is 5.91 Å². The van der Waals surface area contributed by atoms with E-state index in [2.05, 4.69) is 15.5 Å². The fourth-order valence-corrected chi connectivity index (χ4v) is 3.22. The number of carbonyl (C=O) groups excluding carboxylic acids is 1. The summed E-state index contributed by atoms with van der Waals surface area (Å²) in [6.45, 7) is 0. The standard InChI is InChI=1S/C18H22FN3O2/c1-24-14-7-8-15(16(19)11-14)18(23)20-17-10-13(21-22-17)9-12-5-3-2-4-6-12/h7-8,10-12H,2-6,9H2,1H3,(H2,20,21,22,23). The van der Waals surface area contributed by atoms with Crippen LogP contribution in [0.15, 0.2) is 24.3 Å². The summed E-state index contributed by atoms with van der Waals surface area (Å²) in [5.74, 6) is 0.331. The lowest BCUT2D eigenvalue weighted by Crippen LogP contribution is -2.14. The number of hydrogen-bond acceptors (Lipinski definition) is 3. The monoisotopic (exact) mass is 331 g/mol. The summed E-state index contributed by atoms with van der Waals surface area (Å²) < 4.78 is 18.9. The van der Waals surface area contributed by atoms with Crippen LogP contribution in [0.3, 0.4) is 0 Å². The quantitative estimate of drug-likeness (QED) is 0.872. The van der Waals surface area contributed by atoms with Crippen LogP contribution in [-0.2, 0) is 6.42 Å². The van der Waals surface area contributed by atoms with Gasteiger partial charge in [-0.15, -0.1) is 0 Å². The molecule has 1 saturated carbocycles. The Kier molecular flexibility index (Phi) is 5.13. The first-order chi connectivity index (χ1) is 11.7. The number of aromatic amines is 1. The number of aromatic nitrogens is 2. The number of carbonyl (C=O) groups is 1. The molecule has 1 amide bonds. The molecule has 1 aliphatic rings. The maximum Gasteiger partial charge on any atom is 0.259 e. The molecule has 1 aliphatic carbocycles.